The molecule has 1 heterocycles. The summed E-state index contributed by atoms with van der Waals surface area (Å²) in [6.07, 6.45) is 0. The molecule has 0 bridgehead atoms. The number of hydrogen-bond acceptors (Lipinski definition) is 3. The summed E-state index contributed by atoms with van der Waals surface area (Å²) in [4.78, 5) is 4.33. The lowest BCUT2D eigenvalue weighted by Gasteiger charge is -1.99. The van der Waals surface area contributed by atoms with E-state index in [1.807, 2.05) is 31.2 Å². The highest BCUT2D eigenvalue weighted by Crippen LogP contribution is 2.31. The van der Waals surface area contributed by atoms with Crippen molar-refractivity contribution in [3.63, 3.8) is 0 Å². The minimum Gasteiger partial charge on any atom is -0.302 e. The topological polar surface area (TPSA) is 50.2 Å². The van der Waals surface area contributed by atoms with Gasteiger partial charge in [-0.15, -0.1) is 11.3 Å². The lowest BCUT2D eigenvalue weighted by Crippen LogP contribution is -1.86. The van der Waals surface area contributed by atoms with Gasteiger partial charge in [-0.1, -0.05) is 24.3 Å². The lowest BCUT2D eigenvalue weighted by molar-refractivity contribution is 0.566. The fourth-order valence-electron chi connectivity index (χ4n) is 1.47. The molecule has 5 heteroatoms. The molecule has 0 aliphatic heterocycles. The van der Waals surface area contributed by atoms with Crippen LogP contribution < -0.4 is 0 Å². The average molecular weight is 253 g/mol. The van der Waals surface area contributed by atoms with Crippen molar-refractivity contribution in [3.05, 3.63) is 35.5 Å². The first-order chi connectivity index (χ1) is 7.59. The van der Waals surface area contributed by atoms with Crippen molar-refractivity contribution in [2.45, 2.75) is 18.1 Å². The molecule has 16 heavy (non-hydrogen) atoms. The monoisotopic (exact) mass is 253 g/mol. The molecule has 2 rings (SSSR count). The first-order valence-corrected chi connectivity index (χ1v) is 6.66. The van der Waals surface area contributed by atoms with Crippen LogP contribution in [0.5, 0.6) is 0 Å². The summed E-state index contributed by atoms with van der Waals surface area (Å²) in [5.41, 5.74) is 2.77. The molecule has 0 aliphatic rings. The van der Waals surface area contributed by atoms with Gasteiger partial charge in [-0.05, 0) is 19.4 Å². The number of hydrogen-bond donors (Lipinski definition) is 1. The molecule has 0 radical (unpaired) electrons. The standard InChI is InChI=1S/C11H11NO2S2/c1-7-5-3-4-6-9(7)10-12-8(2)11(15-10)16(13)14/h3-6H,1-2H3,(H,13,14). The number of rotatable bonds is 2. The maximum Gasteiger partial charge on any atom is 0.198 e. The van der Waals surface area contributed by atoms with Gasteiger partial charge in [0, 0.05) is 5.56 Å². The zero-order valence-electron chi connectivity index (χ0n) is 8.93. The van der Waals surface area contributed by atoms with Gasteiger partial charge in [0.1, 0.15) is 9.22 Å². The predicted octanol–water partition coefficient (Wildman–Crippen LogP) is 3.01. The quantitative estimate of drug-likeness (QED) is 0.837. The van der Waals surface area contributed by atoms with Crippen LogP contribution in [0.25, 0.3) is 10.6 Å². The van der Waals surface area contributed by atoms with Gasteiger partial charge in [-0.25, -0.2) is 9.19 Å². The lowest BCUT2D eigenvalue weighted by atomic mass is 10.1. The first kappa shape index (κ1) is 11.4. The van der Waals surface area contributed by atoms with E-state index in [1.54, 1.807) is 6.92 Å². The Kier molecular flexibility index (Phi) is 3.18. The van der Waals surface area contributed by atoms with Crippen molar-refractivity contribution in [3.8, 4) is 10.6 Å². The van der Waals surface area contributed by atoms with Crippen LogP contribution in [-0.2, 0) is 11.1 Å². The highest BCUT2D eigenvalue weighted by Gasteiger charge is 2.14. The molecule has 0 fully saturated rings. The molecule has 84 valence electrons. The van der Waals surface area contributed by atoms with Crippen molar-refractivity contribution >= 4 is 22.4 Å². The SMILES string of the molecule is Cc1ccccc1-c1nc(C)c(S(=O)O)s1. The Morgan fingerprint density at radius 1 is 1.31 bits per heavy atom. The third kappa shape index (κ3) is 2.07. The third-order valence-electron chi connectivity index (χ3n) is 2.29. The summed E-state index contributed by atoms with van der Waals surface area (Å²) in [6, 6.07) is 7.87. The predicted molar refractivity (Wildman–Crippen MR) is 66.1 cm³/mol. The zero-order valence-corrected chi connectivity index (χ0v) is 10.6. The molecule has 0 amide bonds. The second-order valence-corrected chi connectivity index (χ2v) is 5.62. The molecule has 1 aromatic heterocycles. The molecule has 1 aromatic carbocycles. The molecular formula is C11H11NO2S2. The summed E-state index contributed by atoms with van der Waals surface area (Å²) in [6.45, 7) is 3.75. The van der Waals surface area contributed by atoms with Crippen molar-refractivity contribution in [1.82, 2.24) is 4.98 Å². The van der Waals surface area contributed by atoms with E-state index in [2.05, 4.69) is 4.98 Å². The van der Waals surface area contributed by atoms with E-state index in [-0.39, 0.29) is 0 Å². The van der Waals surface area contributed by atoms with Crippen LogP contribution in [0, 0.1) is 13.8 Å². The van der Waals surface area contributed by atoms with Gasteiger partial charge in [-0.2, -0.15) is 0 Å². The average Bonchev–Trinajstić information content (AvgIpc) is 2.61. The van der Waals surface area contributed by atoms with Crippen molar-refractivity contribution in [2.75, 3.05) is 0 Å². The Balaban J connectivity index is 2.54. The Labute approximate surface area is 100 Å². The second kappa shape index (κ2) is 4.45. The van der Waals surface area contributed by atoms with Crippen molar-refractivity contribution in [1.29, 1.82) is 0 Å². The number of benzene rings is 1. The van der Waals surface area contributed by atoms with Crippen LogP contribution >= 0.6 is 11.3 Å². The number of aromatic nitrogens is 1. The minimum absolute atomic E-state index is 0.429. The van der Waals surface area contributed by atoms with E-state index >= 15 is 0 Å². The van der Waals surface area contributed by atoms with E-state index in [4.69, 9.17) is 4.55 Å². The molecule has 0 spiro atoms. The van der Waals surface area contributed by atoms with Gasteiger partial charge < -0.3 is 4.55 Å². The van der Waals surface area contributed by atoms with E-state index in [0.29, 0.717) is 9.90 Å². The molecule has 0 aliphatic carbocycles. The summed E-state index contributed by atoms with van der Waals surface area (Å²) < 4.78 is 20.5. The van der Waals surface area contributed by atoms with Crippen LogP contribution in [0.4, 0.5) is 0 Å². The van der Waals surface area contributed by atoms with Crippen LogP contribution in [0.15, 0.2) is 28.5 Å². The van der Waals surface area contributed by atoms with Crippen molar-refractivity contribution in [2.24, 2.45) is 0 Å². The molecule has 1 N–H and O–H groups in total. The van der Waals surface area contributed by atoms with Gasteiger partial charge in [0.05, 0.1) is 5.69 Å². The van der Waals surface area contributed by atoms with Gasteiger partial charge in [0.15, 0.2) is 11.1 Å². The Hall–Kier alpha value is -1.04. The summed E-state index contributed by atoms with van der Waals surface area (Å²) >= 11 is -0.670. The molecule has 1 atom stereocenters. The fourth-order valence-corrected chi connectivity index (χ4v) is 3.18. The van der Waals surface area contributed by atoms with Crippen LogP contribution in [0.1, 0.15) is 11.3 Å². The maximum atomic E-state index is 11.0. The number of thiazole rings is 1. The fraction of sp³-hybridized carbons (Fsp3) is 0.182. The molecule has 2 aromatic rings. The highest BCUT2D eigenvalue weighted by molar-refractivity contribution is 7.82. The molecule has 0 saturated carbocycles. The number of nitrogens with zero attached hydrogens (tertiary/aromatic N) is 1. The molecule has 3 nitrogen and oxygen atoms in total. The van der Waals surface area contributed by atoms with Gasteiger partial charge in [0.25, 0.3) is 0 Å². The Morgan fingerprint density at radius 2 is 2.00 bits per heavy atom. The first-order valence-electron chi connectivity index (χ1n) is 4.74. The van der Waals surface area contributed by atoms with E-state index in [9.17, 15) is 4.21 Å². The van der Waals surface area contributed by atoms with E-state index in [0.717, 1.165) is 16.1 Å². The summed E-state index contributed by atoms with van der Waals surface area (Å²) in [7, 11) is 0. The van der Waals surface area contributed by atoms with Crippen molar-refractivity contribution < 1.29 is 8.76 Å². The zero-order chi connectivity index (χ0) is 11.7. The van der Waals surface area contributed by atoms with Crippen LogP contribution in [-0.4, -0.2) is 13.7 Å². The molecule has 0 saturated heterocycles. The molecule has 1 unspecified atom stereocenters. The van der Waals surface area contributed by atoms with Crippen LogP contribution in [0.2, 0.25) is 0 Å². The normalized spacial score (nSPS) is 12.7. The smallest absolute Gasteiger partial charge is 0.198 e. The summed E-state index contributed by atoms with van der Waals surface area (Å²) in [5.74, 6) is 0. The highest BCUT2D eigenvalue weighted by atomic mass is 32.2. The minimum atomic E-state index is -1.94. The van der Waals surface area contributed by atoms with Gasteiger partial charge >= 0.3 is 0 Å². The van der Waals surface area contributed by atoms with Crippen LogP contribution in [0.3, 0.4) is 0 Å². The molecular weight excluding hydrogens is 242 g/mol. The second-order valence-electron chi connectivity index (χ2n) is 3.46. The van der Waals surface area contributed by atoms with E-state index in [1.165, 1.54) is 11.3 Å². The van der Waals surface area contributed by atoms with Gasteiger partial charge in [0.2, 0.25) is 0 Å². The number of aryl methyl sites for hydroxylation is 2. The summed E-state index contributed by atoms with van der Waals surface area (Å²) in [5, 5.41) is 0.799. The third-order valence-corrected chi connectivity index (χ3v) is 4.56. The maximum absolute atomic E-state index is 11.0. The van der Waals surface area contributed by atoms with E-state index < -0.39 is 11.1 Å². The Bertz CT molecular complexity index is 549. The van der Waals surface area contributed by atoms with Gasteiger partial charge in [-0.3, -0.25) is 0 Å². The Morgan fingerprint density at radius 3 is 2.56 bits per heavy atom. The largest absolute Gasteiger partial charge is 0.302 e.